The van der Waals surface area contributed by atoms with E-state index in [0.717, 1.165) is 23.2 Å². The fourth-order valence-electron chi connectivity index (χ4n) is 5.17. The van der Waals surface area contributed by atoms with Gasteiger partial charge in [-0.15, -0.1) is 0 Å². The molecular weight excluding hydrogens is 338 g/mol. The van der Waals surface area contributed by atoms with E-state index in [1.165, 1.54) is 22.3 Å². The van der Waals surface area contributed by atoms with E-state index in [9.17, 15) is 0 Å². The summed E-state index contributed by atoms with van der Waals surface area (Å²) in [6.45, 7) is 9.30. The van der Waals surface area contributed by atoms with Crippen molar-refractivity contribution in [1.82, 2.24) is 0 Å². The van der Waals surface area contributed by atoms with Gasteiger partial charge in [-0.3, -0.25) is 0 Å². The van der Waals surface area contributed by atoms with Gasteiger partial charge in [0.15, 0.2) is 6.20 Å². The van der Waals surface area contributed by atoms with Gasteiger partial charge in [-0.05, 0) is 64.9 Å². The quantitative estimate of drug-likeness (QED) is 0.456. The molecule has 0 spiro atoms. The molecule has 28 heavy (non-hydrogen) atoms. The Hall–Kier alpha value is -2.41. The first-order valence-corrected chi connectivity index (χ1v) is 10.1. The Bertz CT molecular complexity index is 1160. The van der Waals surface area contributed by atoms with E-state index in [-0.39, 0.29) is 10.8 Å². The number of hydrogen-bond donors (Lipinski definition) is 0. The third-order valence-electron chi connectivity index (χ3n) is 6.34. The third kappa shape index (κ3) is 2.98. The number of aromatic nitrogens is 1. The van der Waals surface area contributed by atoms with Crippen molar-refractivity contribution in [2.75, 3.05) is 0 Å². The van der Waals surface area contributed by atoms with Gasteiger partial charge >= 0.3 is 0 Å². The van der Waals surface area contributed by atoms with Gasteiger partial charge in [-0.1, -0.05) is 64.1 Å². The van der Waals surface area contributed by atoms with E-state index in [1.807, 2.05) is 41.9 Å². The van der Waals surface area contributed by atoms with Gasteiger partial charge in [-0.2, -0.15) is 0 Å². The van der Waals surface area contributed by atoms with Gasteiger partial charge in [0.25, 0.3) is 0 Å². The van der Waals surface area contributed by atoms with Crippen LogP contribution in [0.15, 0.2) is 54.7 Å². The second-order valence-corrected chi connectivity index (χ2v) is 9.62. The summed E-state index contributed by atoms with van der Waals surface area (Å²) in [5, 5.41) is 0. The number of pyridine rings is 1. The van der Waals surface area contributed by atoms with E-state index in [2.05, 4.69) is 52.8 Å². The second kappa shape index (κ2) is 6.30. The van der Waals surface area contributed by atoms with Crippen LogP contribution < -0.4 is 4.57 Å². The molecule has 0 aliphatic heterocycles. The molecule has 0 atom stereocenters. The highest BCUT2D eigenvalue weighted by Gasteiger charge is 2.42. The van der Waals surface area contributed by atoms with Crippen molar-refractivity contribution in [3.63, 3.8) is 0 Å². The van der Waals surface area contributed by atoms with E-state index in [1.54, 1.807) is 6.20 Å². The predicted molar refractivity (Wildman–Crippen MR) is 119 cm³/mol. The van der Waals surface area contributed by atoms with Gasteiger partial charge < -0.3 is 0 Å². The molecule has 1 heteroatoms. The van der Waals surface area contributed by atoms with Crippen LogP contribution in [-0.2, 0) is 17.9 Å². The van der Waals surface area contributed by atoms with Crippen LogP contribution in [-0.4, -0.2) is 0 Å². The largest absolute Gasteiger partial charge is 0.213 e. The van der Waals surface area contributed by atoms with Crippen LogP contribution in [0.25, 0.3) is 22.4 Å². The minimum atomic E-state index is -2.18. The van der Waals surface area contributed by atoms with Crippen LogP contribution in [0.3, 0.4) is 0 Å². The fourth-order valence-corrected chi connectivity index (χ4v) is 5.17. The molecule has 0 N–H and O–H groups in total. The Morgan fingerprint density at radius 2 is 1.50 bits per heavy atom. The molecule has 4 rings (SSSR count). The molecule has 1 heterocycles. The predicted octanol–water partition coefficient (Wildman–Crippen LogP) is 6.42. The van der Waals surface area contributed by atoms with E-state index >= 15 is 0 Å². The van der Waals surface area contributed by atoms with Crippen LogP contribution in [0.4, 0.5) is 0 Å². The lowest BCUT2D eigenvalue weighted by Crippen LogP contribution is -2.31. The van der Waals surface area contributed by atoms with Crippen LogP contribution in [0.2, 0.25) is 0 Å². The first-order chi connectivity index (χ1) is 14.3. The standard InChI is InChI=1S/C27H32N/c1-18-13-23-24(27(5,6)17-26(23,3)4)14-22(18)25-15-21(19(2)16-28(25)7)20-11-9-8-10-12-20/h8-16H,17H2,1-7H3/q+1/i2D3. The van der Waals surface area contributed by atoms with Crippen molar-refractivity contribution in [2.45, 2.75) is 58.7 Å². The Balaban J connectivity index is 1.99. The molecule has 3 aromatic rings. The van der Waals surface area contributed by atoms with Gasteiger partial charge in [0.2, 0.25) is 5.69 Å². The first-order valence-electron chi connectivity index (χ1n) is 11.6. The molecule has 144 valence electrons. The average molecular weight is 374 g/mol. The number of benzene rings is 2. The second-order valence-electron chi connectivity index (χ2n) is 9.62. The zero-order chi connectivity index (χ0) is 22.8. The number of fused-ring (bicyclic) bond motifs is 1. The smallest absolute Gasteiger partial charge is 0.201 e. The summed E-state index contributed by atoms with van der Waals surface area (Å²) in [6, 6.07) is 16.6. The zero-order valence-corrected chi connectivity index (χ0v) is 17.9. The summed E-state index contributed by atoms with van der Waals surface area (Å²) in [4.78, 5) is 0. The van der Waals surface area contributed by atoms with Crippen LogP contribution in [0.5, 0.6) is 0 Å². The Morgan fingerprint density at radius 1 is 0.857 bits per heavy atom. The van der Waals surface area contributed by atoms with Crippen LogP contribution in [0, 0.1) is 13.8 Å². The summed E-state index contributed by atoms with van der Waals surface area (Å²) < 4.78 is 26.2. The number of hydrogen-bond acceptors (Lipinski definition) is 0. The maximum atomic E-state index is 8.09. The third-order valence-corrected chi connectivity index (χ3v) is 6.34. The molecule has 0 saturated carbocycles. The molecule has 1 aromatic heterocycles. The molecule has 0 bridgehead atoms. The molecule has 0 amide bonds. The van der Waals surface area contributed by atoms with Crippen molar-refractivity contribution in [1.29, 1.82) is 0 Å². The molecule has 0 radical (unpaired) electrons. The molecular formula is C27H32N+. The van der Waals surface area contributed by atoms with Crippen molar-refractivity contribution in [3.05, 3.63) is 77.0 Å². The fraction of sp³-hybridized carbons (Fsp3) is 0.370. The minimum Gasteiger partial charge on any atom is -0.201 e. The Labute approximate surface area is 174 Å². The molecule has 1 aliphatic carbocycles. The van der Waals surface area contributed by atoms with E-state index < -0.39 is 6.85 Å². The van der Waals surface area contributed by atoms with E-state index in [0.29, 0.717) is 5.56 Å². The lowest BCUT2D eigenvalue weighted by atomic mass is 9.82. The highest BCUT2D eigenvalue weighted by Crippen LogP contribution is 2.50. The van der Waals surface area contributed by atoms with Crippen molar-refractivity contribution in [2.24, 2.45) is 7.05 Å². The molecule has 1 aliphatic rings. The zero-order valence-electron chi connectivity index (χ0n) is 20.9. The Kier molecular flexibility index (Phi) is 3.49. The summed E-state index contributed by atoms with van der Waals surface area (Å²) in [6.07, 6.45) is 2.91. The summed E-state index contributed by atoms with van der Waals surface area (Å²) in [7, 11) is 1.95. The summed E-state index contributed by atoms with van der Waals surface area (Å²) >= 11 is 0. The van der Waals surface area contributed by atoms with Crippen LogP contribution in [0.1, 0.15) is 60.5 Å². The van der Waals surface area contributed by atoms with Crippen molar-refractivity contribution < 1.29 is 8.68 Å². The topological polar surface area (TPSA) is 3.88 Å². The maximum Gasteiger partial charge on any atom is 0.213 e. The molecule has 2 aromatic carbocycles. The van der Waals surface area contributed by atoms with Gasteiger partial charge in [0, 0.05) is 21.3 Å². The minimum absolute atomic E-state index is 0.112. The normalized spacial score (nSPS) is 18.9. The lowest BCUT2D eigenvalue weighted by molar-refractivity contribution is -0.660. The van der Waals surface area contributed by atoms with Gasteiger partial charge in [-0.25, -0.2) is 4.57 Å². The van der Waals surface area contributed by atoms with Gasteiger partial charge in [0.1, 0.15) is 7.05 Å². The molecule has 0 fully saturated rings. The Morgan fingerprint density at radius 3 is 2.14 bits per heavy atom. The lowest BCUT2D eigenvalue weighted by Gasteiger charge is -2.22. The maximum absolute atomic E-state index is 8.09. The average Bonchev–Trinajstić information content (AvgIpc) is 2.84. The highest BCUT2D eigenvalue weighted by atomic mass is 14.9. The SMILES string of the molecule is [2H]C([2H])([2H])c1c[n+](C)c(-c2cc3c(cc2C)C(C)(C)CC3(C)C)cc1-c1ccccc1. The van der Waals surface area contributed by atoms with Crippen LogP contribution >= 0.6 is 0 Å². The number of aryl methyl sites for hydroxylation is 3. The highest BCUT2D eigenvalue weighted by molar-refractivity contribution is 5.73. The molecule has 0 saturated heterocycles. The summed E-state index contributed by atoms with van der Waals surface area (Å²) in [5.74, 6) is 0. The van der Waals surface area contributed by atoms with E-state index in [4.69, 9.17) is 4.11 Å². The monoisotopic (exact) mass is 373 g/mol. The summed E-state index contributed by atoms with van der Waals surface area (Å²) in [5.41, 5.74) is 8.61. The molecule has 1 nitrogen and oxygen atoms in total. The first kappa shape index (κ1) is 15.5. The van der Waals surface area contributed by atoms with Crippen molar-refractivity contribution >= 4 is 0 Å². The molecule has 0 unspecified atom stereocenters. The van der Waals surface area contributed by atoms with Crippen molar-refractivity contribution in [3.8, 4) is 22.4 Å². The van der Waals surface area contributed by atoms with Gasteiger partial charge in [0.05, 0.1) is 0 Å². The number of nitrogens with zero attached hydrogens (tertiary/aromatic N) is 1. The number of rotatable bonds is 2.